The second kappa shape index (κ2) is 5.49. The van der Waals surface area contributed by atoms with Crippen LogP contribution in [0, 0.1) is 0 Å². The third-order valence-electron chi connectivity index (χ3n) is 2.27. The lowest BCUT2D eigenvalue weighted by Crippen LogP contribution is -2.22. The molecule has 0 saturated carbocycles. The summed E-state index contributed by atoms with van der Waals surface area (Å²) in [7, 11) is 1.54. The predicted octanol–water partition coefficient (Wildman–Crippen LogP) is 2.60. The summed E-state index contributed by atoms with van der Waals surface area (Å²) >= 11 is 0. The van der Waals surface area contributed by atoms with Gasteiger partial charge < -0.3 is 9.47 Å². The number of hydrogen-bond donors (Lipinski definition) is 0. The SMILES string of the molecule is COc1ccc(C(=O)OC(C)C(C)F)cc1. The lowest BCUT2D eigenvalue weighted by Gasteiger charge is -2.14. The molecule has 0 spiro atoms. The van der Waals surface area contributed by atoms with E-state index in [1.165, 1.54) is 13.8 Å². The second-order valence-electron chi connectivity index (χ2n) is 3.52. The first kappa shape index (κ1) is 12.5. The standard InChI is InChI=1S/C12H15FO3/c1-8(13)9(2)16-12(14)10-4-6-11(15-3)7-5-10/h4-9H,1-3H3. The number of esters is 1. The molecule has 2 atom stereocenters. The molecule has 1 rings (SSSR count). The predicted molar refractivity (Wildman–Crippen MR) is 58.4 cm³/mol. The highest BCUT2D eigenvalue weighted by Crippen LogP contribution is 2.13. The molecule has 0 aliphatic heterocycles. The first-order valence-corrected chi connectivity index (χ1v) is 5.03. The minimum absolute atomic E-state index is 0.383. The zero-order valence-corrected chi connectivity index (χ0v) is 9.57. The van der Waals surface area contributed by atoms with E-state index in [1.807, 2.05) is 0 Å². The fraction of sp³-hybridized carbons (Fsp3) is 0.417. The minimum Gasteiger partial charge on any atom is -0.497 e. The van der Waals surface area contributed by atoms with Crippen LogP contribution in [0.25, 0.3) is 0 Å². The van der Waals surface area contributed by atoms with Crippen LogP contribution in [0.3, 0.4) is 0 Å². The zero-order chi connectivity index (χ0) is 12.1. The molecule has 1 aromatic rings. The zero-order valence-electron chi connectivity index (χ0n) is 9.57. The van der Waals surface area contributed by atoms with Gasteiger partial charge in [-0.15, -0.1) is 0 Å². The van der Waals surface area contributed by atoms with Crippen molar-refractivity contribution in [2.24, 2.45) is 0 Å². The monoisotopic (exact) mass is 226 g/mol. The molecular weight excluding hydrogens is 211 g/mol. The molecule has 16 heavy (non-hydrogen) atoms. The summed E-state index contributed by atoms with van der Waals surface area (Å²) in [6, 6.07) is 6.47. The first-order valence-electron chi connectivity index (χ1n) is 5.03. The van der Waals surface area contributed by atoms with Crippen LogP contribution in [0.1, 0.15) is 24.2 Å². The normalized spacial score (nSPS) is 14.0. The molecule has 3 nitrogen and oxygen atoms in total. The fourth-order valence-corrected chi connectivity index (χ4v) is 1.06. The Balaban J connectivity index is 2.66. The number of carbonyl (C=O) groups is 1. The van der Waals surface area contributed by atoms with Crippen molar-refractivity contribution in [2.75, 3.05) is 7.11 Å². The third-order valence-corrected chi connectivity index (χ3v) is 2.27. The number of carbonyl (C=O) groups excluding carboxylic acids is 1. The summed E-state index contributed by atoms with van der Waals surface area (Å²) in [5.74, 6) is 0.128. The van der Waals surface area contributed by atoms with Crippen molar-refractivity contribution in [2.45, 2.75) is 26.1 Å². The molecule has 0 amide bonds. The van der Waals surface area contributed by atoms with Crippen LogP contribution in [0.5, 0.6) is 5.75 Å². The summed E-state index contributed by atoms with van der Waals surface area (Å²) in [5, 5.41) is 0. The van der Waals surface area contributed by atoms with Gasteiger partial charge in [0.15, 0.2) is 0 Å². The van der Waals surface area contributed by atoms with E-state index in [0.29, 0.717) is 11.3 Å². The Morgan fingerprint density at radius 1 is 1.25 bits per heavy atom. The number of rotatable bonds is 4. The molecule has 0 radical (unpaired) electrons. The van der Waals surface area contributed by atoms with Gasteiger partial charge in [-0.1, -0.05) is 0 Å². The van der Waals surface area contributed by atoms with Gasteiger partial charge in [-0.3, -0.25) is 0 Å². The number of halogens is 1. The second-order valence-corrected chi connectivity index (χ2v) is 3.52. The third kappa shape index (κ3) is 3.22. The number of hydrogen-bond acceptors (Lipinski definition) is 3. The summed E-state index contributed by atoms with van der Waals surface area (Å²) < 4.78 is 22.7. The van der Waals surface area contributed by atoms with Crippen molar-refractivity contribution in [1.82, 2.24) is 0 Å². The van der Waals surface area contributed by atoms with E-state index in [1.54, 1.807) is 31.4 Å². The van der Waals surface area contributed by atoms with Gasteiger partial charge in [0.1, 0.15) is 18.0 Å². The molecule has 2 unspecified atom stereocenters. The molecule has 4 heteroatoms. The van der Waals surface area contributed by atoms with Gasteiger partial charge in [0.25, 0.3) is 0 Å². The van der Waals surface area contributed by atoms with Crippen LogP contribution in [0.4, 0.5) is 4.39 Å². The van der Waals surface area contributed by atoms with Crippen LogP contribution in [0.2, 0.25) is 0 Å². The van der Waals surface area contributed by atoms with E-state index in [2.05, 4.69) is 0 Å². The highest BCUT2D eigenvalue weighted by Gasteiger charge is 2.16. The maximum absolute atomic E-state index is 12.8. The molecule has 0 bridgehead atoms. The smallest absolute Gasteiger partial charge is 0.338 e. The van der Waals surface area contributed by atoms with Crippen LogP contribution in [0.15, 0.2) is 24.3 Å². The lowest BCUT2D eigenvalue weighted by molar-refractivity contribution is 0.0156. The van der Waals surface area contributed by atoms with E-state index < -0.39 is 18.2 Å². The number of methoxy groups -OCH3 is 1. The average molecular weight is 226 g/mol. The van der Waals surface area contributed by atoms with Crippen molar-refractivity contribution in [3.63, 3.8) is 0 Å². The Hall–Kier alpha value is -1.58. The van der Waals surface area contributed by atoms with Crippen molar-refractivity contribution >= 4 is 5.97 Å². The Kier molecular flexibility index (Phi) is 4.28. The summed E-state index contributed by atoms with van der Waals surface area (Å²) in [6.45, 7) is 2.87. The number of alkyl halides is 1. The van der Waals surface area contributed by atoms with Gasteiger partial charge in [-0.2, -0.15) is 0 Å². The van der Waals surface area contributed by atoms with Crippen molar-refractivity contribution in [3.05, 3.63) is 29.8 Å². The van der Waals surface area contributed by atoms with Gasteiger partial charge in [-0.25, -0.2) is 9.18 Å². The fourth-order valence-electron chi connectivity index (χ4n) is 1.06. The van der Waals surface area contributed by atoms with E-state index in [0.717, 1.165) is 0 Å². The van der Waals surface area contributed by atoms with Crippen LogP contribution < -0.4 is 4.74 Å². The van der Waals surface area contributed by atoms with E-state index in [9.17, 15) is 9.18 Å². The van der Waals surface area contributed by atoms with E-state index >= 15 is 0 Å². The maximum atomic E-state index is 12.8. The maximum Gasteiger partial charge on any atom is 0.338 e. The Morgan fingerprint density at radius 3 is 2.25 bits per heavy atom. The molecule has 0 aromatic heterocycles. The molecule has 0 heterocycles. The van der Waals surface area contributed by atoms with E-state index in [-0.39, 0.29) is 0 Å². The van der Waals surface area contributed by atoms with Gasteiger partial charge in [0.2, 0.25) is 0 Å². The molecule has 0 saturated heterocycles. The van der Waals surface area contributed by atoms with Crippen molar-refractivity contribution in [1.29, 1.82) is 0 Å². The van der Waals surface area contributed by atoms with Gasteiger partial charge in [0, 0.05) is 0 Å². The quantitative estimate of drug-likeness (QED) is 0.740. The summed E-state index contributed by atoms with van der Waals surface area (Å²) in [4.78, 5) is 11.5. The Morgan fingerprint density at radius 2 is 1.81 bits per heavy atom. The summed E-state index contributed by atoms with van der Waals surface area (Å²) in [5.41, 5.74) is 0.383. The molecule has 0 aliphatic rings. The van der Waals surface area contributed by atoms with Crippen molar-refractivity contribution < 1.29 is 18.7 Å². The van der Waals surface area contributed by atoms with Crippen molar-refractivity contribution in [3.8, 4) is 5.75 Å². The van der Waals surface area contributed by atoms with Crippen LogP contribution in [-0.2, 0) is 4.74 Å². The van der Waals surface area contributed by atoms with Crippen LogP contribution >= 0.6 is 0 Å². The minimum atomic E-state index is -1.18. The molecule has 0 aliphatic carbocycles. The number of ether oxygens (including phenoxy) is 2. The largest absolute Gasteiger partial charge is 0.497 e. The van der Waals surface area contributed by atoms with E-state index in [4.69, 9.17) is 9.47 Å². The summed E-state index contributed by atoms with van der Waals surface area (Å²) in [6.07, 6.45) is -1.92. The Bertz CT molecular complexity index is 346. The Labute approximate surface area is 94.2 Å². The topological polar surface area (TPSA) is 35.5 Å². The first-order chi connectivity index (χ1) is 7.54. The highest BCUT2D eigenvalue weighted by molar-refractivity contribution is 5.89. The van der Waals surface area contributed by atoms with Gasteiger partial charge in [-0.05, 0) is 38.1 Å². The molecule has 0 fully saturated rings. The van der Waals surface area contributed by atoms with Crippen LogP contribution in [-0.4, -0.2) is 25.4 Å². The molecule has 0 N–H and O–H groups in total. The average Bonchev–Trinajstić information content (AvgIpc) is 2.28. The molecular formula is C12H15FO3. The lowest BCUT2D eigenvalue weighted by atomic mass is 10.2. The highest BCUT2D eigenvalue weighted by atomic mass is 19.1. The van der Waals surface area contributed by atoms with Gasteiger partial charge >= 0.3 is 5.97 Å². The molecule has 1 aromatic carbocycles. The van der Waals surface area contributed by atoms with Gasteiger partial charge in [0.05, 0.1) is 12.7 Å². The number of benzene rings is 1. The molecule has 88 valence electrons.